The molecule has 0 fully saturated rings. The van der Waals surface area contributed by atoms with Crippen LogP contribution < -0.4 is 0 Å². The summed E-state index contributed by atoms with van der Waals surface area (Å²) < 4.78 is 2.89. The molecule has 0 aliphatic carbocycles. The first-order valence-corrected chi connectivity index (χ1v) is 10.3. The van der Waals surface area contributed by atoms with Crippen molar-refractivity contribution in [3.8, 4) is 10.7 Å². The summed E-state index contributed by atoms with van der Waals surface area (Å²) in [5.41, 5.74) is 0. The van der Waals surface area contributed by atoms with Crippen LogP contribution in [0.5, 0.6) is 0 Å². The first-order valence-electron chi connectivity index (χ1n) is 7.86. The van der Waals surface area contributed by atoms with Gasteiger partial charge >= 0.3 is 0 Å². The molecule has 0 saturated carbocycles. The number of thiophene rings is 2. The van der Waals surface area contributed by atoms with Crippen LogP contribution in [0.3, 0.4) is 0 Å². The number of aromatic nitrogens is 3. The summed E-state index contributed by atoms with van der Waals surface area (Å²) in [6.07, 6.45) is 1.72. The SMILES string of the molecule is C=CCN(Cc1ccc(Cl)s1)C(=O)[C@H](C)n1c(-c2cccs2)n[nH]c1=S. The highest BCUT2D eigenvalue weighted by molar-refractivity contribution is 7.71. The van der Waals surface area contributed by atoms with Crippen LogP contribution in [0.1, 0.15) is 17.8 Å². The van der Waals surface area contributed by atoms with Gasteiger partial charge in [0.1, 0.15) is 6.04 Å². The number of nitrogens with one attached hydrogen (secondary N) is 1. The Morgan fingerprint density at radius 2 is 2.35 bits per heavy atom. The number of H-pyrrole nitrogens is 1. The van der Waals surface area contributed by atoms with E-state index in [0.717, 1.165) is 9.75 Å². The number of nitrogens with zero attached hydrogens (tertiary/aromatic N) is 3. The Kier molecular flexibility index (Phi) is 6.08. The van der Waals surface area contributed by atoms with Gasteiger partial charge in [0, 0.05) is 11.4 Å². The molecular weight excluding hydrogens is 408 g/mol. The van der Waals surface area contributed by atoms with E-state index in [1.807, 2.05) is 36.6 Å². The van der Waals surface area contributed by atoms with Gasteiger partial charge in [0.2, 0.25) is 5.91 Å². The second-order valence-electron chi connectivity index (χ2n) is 5.59. The Labute approximate surface area is 169 Å². The van der Waals surface area contributed by atoms with Gasteiger partial charge in [-0.15, -0.1) is 29.3 Å². The zero-order chi connectivity index (χ0) is 18.7. The van der Waals surface area contributed by atoms with E-state index in [1.54, 1.807) is 26.9 Å². The minimum absolute atomic E-state index is 0.0512. The Hall–Kier alpha value is -1.74. The standard InChI is InChI=1S/C17H17ClN4OS3/c1-3-8-21(10-12-6-7-14(18)26-12)16(23)11(2)22-15(19-20-17(22)24)13-5-4-9-25-13/h3-7,9,11H,1,8,10H2,2H3,(H,20,24)/t11-/m0/s1. The maximum Gasteiger partial charge on any atom is 0.246 e. The van der Waals surface area contributed by atoms with Gasteiger partial charge in [-0.1, -0.05) is 23.7 Å². The Balaban J connectivity index is 1.89. The van der Waals surface area contributed by atoms with E-state index in [-0.39, 0.29) is 5.91 Å². The highest BCUT2D eigenvalue weighted by Gasteiger charge is 2.25. The summed E-state index contributed by atoms with van der Waals surface area (Å²) in [5, 5.41) is 9.07. The molecule has 0 saturated heterocycles. The zero-order valence-corrected chi connectivity index (χ0v) is 17.2. The molecule has 26 heavy (non-hydrogen) atoms. The van der Waals surface area contributed by atoms with Crippen molar-refractivity contribution >= 4 is 52.4 Å². The summed E-state index contributed by atoms with van der Waals surface area (Å²) in [5.74, 6) is 0.619. The highest BCUT2D eigenvalue weighted by Crippen LogP contribution is 2.27. The van der Waals surface area contributed by atoms with Gasteiger partial charge in [0.15, 0.2) is 10.6 Å². The van der Waals surface area contributed by atoms with Gasteiger partial charge < -0.3 is 4.90 Å². The lowest BCUT2D eigenvalue weighted by atomic mass is 10.2. The molecule has 0 aliphatic rings. The van der Waals surface area contributed by atoms with Crippen molar-refractivity contribution in [2.24, 2.45) is 0 Å². The lowest BCUT2D eigenvalue weighted by molar-refractivity contribution is -0.134. The largest absolute Gasteiger partial charge is 0.332 e. The van der Waals surface area contributed by atoms with Crippen molar-refractivity contribution in [3.63, 3.8) is 0 Å². The van der Waals surface area contributed by atoms with Crippen LogP contribution in [-0.4, -0.2) is 32.1 Å². The van der Waals surface area contributed by atoms with Crippen LogP contribution in [0, 0.1) is 4.77 Å². The van der Waals surface area contributed by atoms with Crippen molar-refractivity contribution in [2.45, 2.75) is 19.5 Å². The molecule has 1 amide bonds. The third kappa shape index (κ3) is 3.98. The molecule has 9 heteroatoms. The lowest BCUT2D eigenvalue weighted by Crippen LogP contribution is -2.36. The number of amides is 1. The van der Waals surface area contributed by atoms with E-state index in [2.05, 4.69) is 16.8 Å². The maximum absolute atomic E-state index is 13.2. The summed E-state index contributed by atoms with van der Waals surface area (Å²) in [7, 11) is 0. The third-order valence-corrected chi connectivity index (χ3v) is 6.20. The molecule has 3 rings (SSSR count). The maximum atomic E-state index is 13.2. The fourth-order valence-electron chi connectivity index (χ4n) is 2.63. The second kappa shape index (κ2) is 8.30. The average Bonchev–Trinajstić information content (AvgIpc) is 3.34. The molecule has 0 spiro atoms. The minimum Gasteiger partial charge on any atom is -0.332 e. The van der Waals surface area contributed by atoms with E-state index < -0.39 is 6.04 Å². The molecule has 3 heterocycles. The van der Waals surface area contributed by atoms with Gasteiger partial charge in [0.25, 0.3) is 0 Å². The van der Waals surface area contributed by atoms with E-state index in [9.17, 15) is 4.79 Å². The van der Waals surface area contributed by atoms with E-state index >= 15 is 0 Å². The summed E-state index contributed by atoms with van der Waals surface area (Å²) in [6, 6.07) is 7.18. The Morgan fingerprint density at radius 1 is 1.54 bits per heavy atom. The lowest BCUT2D eigenvalue weighted by Gasteiger charge is -2.25. The first kappa shape index (κ1) is 19.0. The second-order valence-corrected chi connectivity index (χ2v) is 8.72. The smallest absolute Gasteiger partial charge is 0.246 e. The van der Waals surface area contributed by atoms with Crippen molar-refractivity contribution < 1.29 is 4.79 Å². The molecule has 0 radical (unpaired) electrons. The van der Waals surface area contributed by atoms with Gasteiger partial charge in [-0.05, 0) is 42.7 Å². The van der Waals surface area contributed by atoms with Gasteiger partial charge in [-0.25, -0.2) is 0 Å². The number of rotatable bonds is 7. The quantitative estimate of drug-likeness (QED) is 0.421. The zero-order valence-electron chi connectivity index (χ0n) is 14.0. The van der Waals surface area contributed by atoms with Crippen molar-refractivity contribution in [3.05, 3.63) is 56.3 Å². The fraction of sp³-hybridized carbons (Fsp3) is 0.235. The molecule has 5 nitrogen and oxygen atoms in total. The number of carbonyl (C=O) groups excluding carboxylic acids is 1. The van der Waals surface area contributed by atoms with Crippen molar-refractivity contribution in [1.82, 2.24) is 19.7 Å². The number of halogens is 1. The highest BCUT2D eigenvalue weighted by atomic mass is 35.5. The van der Waals surface area contributed by atoms with Crippen LogP contribution in [0.2, 0.25) is 4.34 Å². The fourth-order valence-corrected chi connectivity index (χ4v) is 4.74. The topological polar surface area (TPSA) is 53.9 Å². The molecule has 1 N–H and O–H groups in total. The van der Waals surface area contributed by atoms with Gasteiger partial charge in [0.05, 0.1) is 15.8 Å². The molecule has 136 valence electrons. The number of aromatic amines is 1. The van der Waals surface area contributed by atoms with E-state index in [0.29, 0.717) is 28.0 Å². The van der Waals surface area contributed by atoms with Gasteiger partial charge in [-0.3, -0.25) is 14.5 Å². The third-order valence-electron chi connectivity index (χ3n) is 3.83. The summed E-state index contributed by atoms with van der Waals surface area (Å²) >= 11 is 14.4. The number of hydrogen-bond acceptors (Lipinski definition) is 5. The summed E-state index contributed by atoms with van der Waals surface area (Å²) in [6.45, 7) is 6.52. The van der Waals surface area contributed by atoms with Crippen LogP contribution >= 0.6 is 46.5 Å². The number of hydrogen-bond donors (Lipinski definition) is 1. The molecule has 0 aromatic carbocycles. The molecular formula is C17H17ClN4OS3. The predicted octanol–water partition coefficient (Wildman–Crippen LogP) is 5.16. The molecule has 0 unspecified atom stereocenters. The average molecular weight is 425 g/mol. The molecule has 3 aromatic rings. The Morgan fingerprint density at radius 3 is 2.96 bits per heavy atom. The van der Waals surface area contributed by atoms with Crippen molar-refractivity contribution in [1.29, 1.82) is 0 Å². The van der Waals surface area contributed by atoms with Crippen LogP contribution in [0.25, 0.3) is 10.7 Å². The van der Waals surface area contributed by atoms with Crippen LogP contribution in [-0.2, 0) is 11.3 Å². The molecule has 0 aliphatic heterocycles. The van der Waals surface area contributed by atoms with Crippen LogP contribution in [0.4, 0.5) is 0 Å². The first-order chi connectivity index (χ1) is 12.5. The molecule has 1 atom stereocenters. The van der Waals surface area contributed by atoms with Gasteiger partial charge in [-0.2, -0.15) is 5.10 Å². The molecule has 0 bridgehead atoms. The normalized spacial score (nSPS) is 12.1. The Bertz CT molecular complexity index is 957. The monoisotopic (exact) mass is 424 g/mol. The predicted molar refractivity (Wildman–Crippen MR) is 110 cm³/mol. The summed E-state index contributed by atoms with van der Waals surface area (Å²) in [4.78, 5) is 16.9. The van der Waals surface area contributed by atoms with Crippen molar-refractivity contribution in [2.75, 3.05) is 6.54 Å². The number of carbonyl (C=O) groups is 1. The minimum atomic E-state index is -0.492. The van der Waals surface area contributed by atoms with E-state index in [1.165, 1.54) is 11.3 Å². The van der Waals surface area contributed by atoms with Crippen LogP contribution in [0.15, 0.2) is 42.3 Å². The molecule has 3 aromatic heterocycles. The van der Waals surface area contributed by atoms with E-state index in [4.69, 9.17) is 23.8 Å².